The first-order valence-corrected chi connectivity index (χ1v) is 9.21. The van der Waals surface area contributed by atoms with Crippen LogP contribution < -0.4 is 15.0 Å². The lowest BCUT2D eigenvalue weighted by Crippen LogP contribution is -2.47. The van der Waals surface area contributed by atoms with Gasteiger partial charge in [0.05, 0.1) is 11.3 Å². The van der Waals surface area contributed by atoms with E-state index in [1.54, 1.807) is 6.92 Å². The zero-order chi connectivity index (χ0) is 21.7. The van der Waals surface area contributed by atoms with E-state index in [2.05, 4.69) is 11.2 Å². The maximum atomic E-state index is 12.6. The maximum absolute atomic E-state index is 12.6. The summed E-state index contributed by atoms with van der Waals surface area (Å²) in [7, 11) is 0. The fraction of sp³-hybridized carbons (Fsp3) is 0.227. The molecule has 2 aromatic rings. The van der Waals surface area contributed by atoms with Gasteiger partial charge in [0.2, 0.25) is 0 Å². The zero-order valence-corrected chi connectivity index (χ0v) is 16.3. The highest BCUT2D eigenvalue weighted by molar-refractivity contribution is 6.02. The maximum Gasteiger partial charge on any atom is 0.407 e. The lowest BCUT2D eigenvalue weighted by molar-refractivity contribution is -0.125. The third kappa shape index (κ3) is 4.52. The molecule has 0 bridgehead atoms. The van der Waals surface area contributed by atoms with Gasteiger partial charge in [-0.2, -0.15) is 0 Å². The first-order valence-electron chi connectivity index (χ1n) is 9.21. The summed E-state index contributed by atoms with van der Waals surface area (Å²) < 4.78 is 10.7. The number of benzene rings is 2. The molecular formula is C22H20N2O6. The van der Waals surface area contributed by atoms with Gasteiger partial charge in [-0.1, -0.05) is 36.3 Å². The van der Waals surface area contributed by atoms with Gasteiger partial charge in [-0.25, -0.2) is 9.59 Å². The molecule has 8 nitrogen and oxygen atoms in total. The fourth-order valence-electron chi connectivity index (χ4n) is 3.02. The van der Waals surface area contributed by atoms with Gasteiger partial charge in [0.15, 0.2) is 6.10 Å². The van der Waals surface area contributed by atoms with E-state index in [0.29, 0.717) is 5.75 Å². The van der Waals surface area contributed by atoms with Gasteiger partial charge in [0.25, 0.3) is 5.91 Å². The monoisotopic (exact) mass is 408 g/mol. The second-order valence-electron chi connectivity index (χ2n) is 6.55. The third-order valence-corrected chi connectivity index (χ3v) is 4.51. The number of carbonyl (C=O) groups excluding carboxylic acids is 2. The van der Waals surface area contributed by atoms with Crippen LogP contribution in [-0.4, -0.2) is 42.3 Å². The summed E-state index contributed by atoms with van der Waals surface area (Å²) in [6.07, 6.45) is 3.99. The van der Waals surface area contributed by atoms with E-state index in [1.165, 1.54) is 17.0 Å². The molecule has 0 aliphatic carbocycles. The van der Waals surface area contributed by atoms with Crippen molar-refractivity contribution in [1.82, 2.24) is 5.32 Å². The summed E-state index contributed by atoms with van der Waals surface area (Å²) in [6, 6.07) is 12.0. The molecule has 2 N–H and O–H groups in total. The second-order valence-corrected chi connectivity index (χ2v) is 6.55. The van der Waals surface area contributed by atoms with Gasteiger partial charge in [-0.15, -0.1) is 6.42 Å². The molecule has 3 rings (SSSR count). The van der Waals surface area contributed by atoms with Gasteiger partial charge >= 0.3 is 12.1 Å². The van der Waals surface area contributed by atoms with Crippen molar-refractivity contribution in [1.29, 1.82) is 0 Å². The third-order valence-electron chi connectivity index (χ3n) is 4.51. The molecule has 0 saturated heterocycles. The molecule has 2 amide bonds. The van der Waals surface area contributed by atoms with Gasteiger partial charge in [-0.3, -0.25) is 4.79 Å². The number of ether oxygens (including phenoxy) is 2. The largest absolute Gasteiger partial charge is 0.479 e. The molecule has 1 heterocycles. The number of hydrogen-bond donors (Lipinski definition) is 2. The number of carboxylic acid groups (broad SMARTS) is 1. The van der Waals surface area contributed by atoms with E-state index in [9.17, 15) is 19.5 Å². The minimum absolute atomic E-state index is 0.102. The molecule has 1 aliphatic rings. The highest BCUT2D eigenvalue weighted by Crippen LogP contribution is 2.36. The summed E-state index contributed by atoms with van der Waals surface area (Å²) in [5.41, 5.74) is 1.19. The number of rotatable bonds is 6. The van der Waals surface area contributed by atoms with Crippen LogP contribution in [0.1, 0.15) is 28.4 Å². The van der Waals surface area contributed by atoms with E-state index in [0.717, 1.165) is 5.56 Å². The molecule has 1 atom stereocenters. The summed E-state index contributed by atoms with van der Waals surface area (Å²) >= 11 is 0. The number of anilines is 1. The summed E-state index contributed by atoms with van der Waals surface area (Å²) in [6.45, 7) is 1.92. The Balaban J connectivity index is 1.68. The first kappa shape index (κ1) is 20.7. The molecule has 0 unspecified atom stereocenters. The van der Waals surface area contributed by atoms with E-state index in [-0.39, 0.29) is 42.4 Å². The van der Waals surface area contributed by atoms with Crippen LogP contribution in [0.3, 0.4) is 0 Å². The number of carboxylic acids is 1. The average molecular weight is 408 g/mol. The van der Waals surface area contributed by atoms with Gasteiger partial charge < -0.3 is 24.8 Å². The molecule has 30 heavy (non-hydrogen) atoms. The Bertz CT molecular complexity index is 1010. The highest BCUT2D eigenvalue weighted by Gasteiger charge is 2.33. The van der Waals surface area contributed by atoms with Crippen LogP contribution in [0.5, 0.6) is 5.75 Å². The van der Waals surface area contributed by atoms with Crippen LogP contribution in [-0.2, 0) is 16.1 Å². The van der Waals surface area contributed by atoms with Gasteiger partial charge in [0, 0.05) is 18.7 Å². The molecule has 154 valence electrons. The van der Waals surface area contributed by atoms with Crippen molar-refractivity contribution in [2.75, 3.05) is 18.0 Å². The zero-order valence-electron chi connectivity index (χ0n) is 16.3. The number of carbonyl (C=O) groups is 3. The van der Waals surface area contributed by atoms with E-state index < -0.39 is 18.2 Å². The standard InChI is InChI=1S/C22H20N2O6/c1-3-16-11-19-18(12-17(16)21(26)27)24(20(25)14(2)30-19)10-9-23-22(28)29-13-15-7-5-4-6-8-15/h1,4-8,11-12,14H,9-10,13H2,2H3,(H,23,28)(H,26,27)/t14-/m1/s1. The molecule has 0 spiro atoms. The van der Waals surface area contributed by atoms with Crippen LogP contribution in [0, 0.1) is 12.3 Å². The summed E-state index contributed by atoms with van der Waals surface area (Å²) in [5, 5.41) is 12.0. The Morgan fingerprint density at radius 2 is 2.03 bits per heavy atom. The van der Waals surface area contributed by atoms with E-state index >= 15 is 0 Å². The van der Waals surface area contributed by atoms with Crippen molar-refractivity contribution < 1.29 is 29.0 Å². The lowest BCUT2D eigenvalue weighted by Gasteiger charge is -2.33. The Hall–Kier alpha value is -3.99. The van der Waals surface area contributed by atoms with Crippen molar-refractivity contribution >= 4 is 23.7 Å². The number of hydrogen-bond acceptors (Lipinski definition) is 5. The predicted octanol–water partition coefficient (Wildman–Crippen LogP) is 2.41. The molecular weight excluding hydrogens is 388 g/mol. The van der Waals surface area contributed by atoms with Crippen molar-refractivity contribution in [3.8, 4) is 18.1 Å². The topological polar surface area (TPSA) is 105 Å². The number of aromatic carboxylic acids is 1. The highest BCUT2D eigenvalue weighted by atomic mass is 16.5. The van der Waals surface area contributed by atoms with Crippen LogP contribution in [0.15, 0.2) is 42.5 Å². The minimum Gasteiger partial charge on any atom is -0.479 e. The van der Waals surface area contributed by atoms with Crippen LogP contribution in [0.2, 0.25) is 0 Å². The molecule has 1 aliphatic heterocycles. The molecule has 0 aromatic heterocycles. The van der Waals surface area contributed by atoms with E-state index in [1.807, 2.05) is 30.3 Å². The Labute approximate surface area is 173 Å². The Morgan fingerprint density at radius 3 is 2.70 bits per heavy atom. The average Bonchev–Trinajstić information content (AvgIpc) is 2.74. The molecule has 8 heteroatoms. The number of terminal acetylenes is 1. The smallest absolute Gasteiger partial charge is 0.407 e. The SMILES string of the molecule is C#Cc1cc2c(cc1C(=O)O)N(CCNC(=O)OCc1ccccc1)C(=O)[C@@H](C)O2. The van der Waals surface area contributed by atoms with Crippen LogP contribution in [0.4, 0.5) is 10.5 Å². The summed E-state index contributed by atoms with van der Waals surface area (Å²) in [5.74, 6) is 1.06. The second kappa shape index (κ2) is 9.01. The molecule has 0 radical (unpaired) electrons. The normalized spacial score (nSPS) is 14.9. The number of nitrogens with zero attached hydrogens (tertiary/aromatic N) is 1. The number of alkyl carbamates (subject to hydrolysis) is 1. The quantitative estimate of drug-likeness (QED) is 0.711. The van der Waals surface area contributed by atoms with Gasteiger partial charge in [-0.05, 0) is 24.6 Å². The Kier molecular flexibility index (Phi) is 6.23. The van der Waals surface area contributed by atoms with Crippen molar-refractivity contribution in [3.63, 3.8) is 0 Å². The number of nitrogens with one attached hydrogen (secondary N) is 1. The predicted molar refractivity (Wildman–Crippen MR) is 108 cm³/mol. The summed E-state index contributed by atoms with van der Waals surface area (Å²) in [4.78, 5) is 37.4. The minimum atomic E-state index is -1.21. The Morgan fingerprint density at radius 1 is 1.30 bits per heavy atom. The van der Waals surface area contributed by atoms with Crippen LogP contribution in [0.25, 0.3) is 0 Å². The van der Waals surface area contributed by atoms with Crippen molar-refractivity contribution in [2.24, 2.45) is 0 Å². The molecule has 0 fully saturated rings. The van der Waals surface area contributed by atoms with E-state index in [4.69, 9.17) is 15.9 Å². The van der Waals surface area contributed by atoms with Gasteiger partial charge in [0.1, 0.15) is 12.4 Å². The fourth-order valence-corrected chi connectivity index (χ4v) is 3.02. The lowest BCUT2D eigenvalue weighted by atomic mass is 10.0. The van der Waals surface area contributed by atoms with Crippen molar-refractivity contribution in [2.45, 2.75) is 19.6 Å². The number of fused-ring (bicyclic) bond motifs is 1. The molecule has 0 saturated carbocycles. The van der Waals surface area contributed by atoms with Crippen LogP contribution >= 0.6 is 0 Å². The first-order chi connectivity index (χ1) is 14.4. The van der Waals surface area contributed by atoms with Crippen molar-refractivity contribution in [3.05, 3.63) is 59.2 Å². The number of amides is 2. The molecule has 2 aromatic carbocycles.